The largest absolute Gasteiger partial charge is 0.593 e. The molecule has 1 unspecified atom stereocenters. The van der Waals surface area contributed by atoms with E-state index >= 15 is 0 Å². The zero-order chi connectivity index (χ0) is 16.2. The number of amides is 2. The average Bonchev–Trinajstić information content (AvgIpc) is 3.15. The Hall–Kier alpha value is -1.24. The summed E-state index contributed by atoms with van der Waals surface area (Å²) in [6, 6.07) is 1.98. The summed E-state index contributed by atoms with van der Waals surface area (Å²) in [4.78, 5) is 12.2. The van der Waals surface area contributed by atoms with E-state index in [2.05, 4.69) is 21.4 Å². The molecule has 5 nitrogen and oxygen atoms in total. The van der Waals surface area contributed by atoms with E-state index in [-0.39, 0.29) is 6.03 Å². The van der Waals surface area contributed by atoms with E-state index in [1.165, 1.54) is 22.3 Å². The summed E-state index contributed by atoms with van der Waals surface area (Å²) >= 11 is -1.35. The van der Waals surface area contributed by atoms with Crippen LogP contribution in [0.4, 0.5) is 10.5 Å². The Morgan fingerprint density at radius 3 is 2.43 bits per heavy atom. The van der Waals surface area contributed by atoms with Gasteiger partial charge < -0.3 is 15.2 Å². The molecule has 3 rings (SSSR count). The quantitative estimate of drug-likeness (QED) is 0.550. The second-order valence-electron chi connectivity index (χ2n) is 6.19. The van der Waals surface area contributed by atoms with Crippen molar-refractivity contribution in [2.45, 2.75) is 45.4 Å². The number of urea groups is 1. The standard InChI is InChI=1S/C17H25N3O2S/c1-2-18-9-10-23(22)20-17(21)19-16-14-7-3-5-12(14)11-13-6-4-8-15(13)16/h11,18H,2-10H2,1H3,(H2,19,20,21). The topological polar surface area (TPSA) is 76.2 Å². The minimum Gasteiger partial charge on any atom is -0.593 e. The maximum atomic E-state index is 12.2. The van der Waals surface area contributed by atoms with Crippen LogP contribution in [0.2, 0.25) is 0 Å². The number of hydrogen-bond acceptors (Lipinski definition) is 3. The first-order chi connectivity index (χ1) is 11.2. The molecule has 0 saturated heterocycles. The van der Waals surface area contributed by atoms with Gasteiger partial charge in [-0.2, -0.15) is 4.72 Å². The third-order valence-corrected chi connectivity index (χ3v) is 5.62. The van der Waals surface area contributed by atoms with Gasteiger partial charge in [-0.3, -0.25) is 0 Å². The fourth-order valence-electron chi connectivity index (χ4n) is 3.60. The van der Waals surface area contributed by atoms with Gasteiger partial charge in [-0.25, -0.2) is 4.79 Å². The van der Waals surface area contributed by atoms with Gasteiger partial charge in [-0.15, -0.1) is 0 Å². The molecule has 2 aliphatic rings. The normalized spacial score (nSPS) is 16.8. The van der Waals surface area contributed by atoms with E-state index < -0.39 is 11.4 Å². The lowest BCUT2D eigenvalue weighted by atomic mass is 9.99. The number of nitrogens with one attached hydrogen (secondary N) is 3. The zero-order valence-corrected chi connectivity index (χ0v) is 14.5. The first kappa shape index (κ1) is 16.6. The van der Waals surface area contributed by atoms with Crippen LogP contribution < -0.4 is 15.4 Å². The Labute approximate surface area is 140 Å². The summed E-state index contributed by atoms with van der Waals surface area (Å²) < 4.78 is 14.4. The van der Waals surface area contributed by atoms with E-state index in [0.29, 0.717) is 12.3 Å². The molecule has 3 N–H and O–H groups in total. The minimum absolute atomic E-state index is 0.353. The molecule has 23 heavy (non-hydrogen) atoms. The molecule has 6 heteroatoms. The monoisotopic (exact) mass is 335 g/mol. The number of fused-ring (bicyclic) bond motifs is 2. The highest BCUT2D eigenvalue weighted by molar-refractivity contribution is 7.90. The Balaban J connectivity index is 1.67. The lowest BCUT2D eigenvalue weighted by molar-refractivity contribution is 0.256. The second-order valence-corrected chi connectivity index (χ2v) is 7.50. The first-order valence-electron chi connectivity index (χ1n) is 8.52. The van der Waals surface area contributed by atoms with E-state index in [4.69, 9.17) is 0 Å². The van der Waals surface area contributed by atoms with Gasteiger partial charge in [0.05, 0.1) is 11.4 Å². The Bertz CT molecular complexity index is 559. The predicted molar refractivity (Wildman–Crippen MR) is 94.2 cm³/mol. The Morgan fingerprint density at radius 2 is 1.83 bits per heavy atom. The molecule has 0 aromatic heterocycles. The molecule has 1 atom stereocenters. The molecule has 0 heterocycles. The van der Waals surface area contributed by atoms with Crippen LogP contribution in [0.1, 0.15) is 42.0 Å². The van der Waals surface area contributed by atoms with Crippen molar-refractivity contribution in [3.05, 3.63) is 28.3 Å². The predicted octanol–water partition coefficient (Wildman–Crippen LogP) is 2.06. The highest BCUT2D eigenvalue weighted by Gasteiger charge is 2.25. The van der Waals surface area contributed by atoms with Crippen LogP contribution in [0.15, 0.2) is 6.07 Å². The van der Waals surface area contributed by atoms with Crippen molar-refractivity contribution in [2.75, 3.05) is 24.2 Å². The van der Waals surface area contributed by atoms with E-state index in [9.17, 15) is 9.35 Å². The summed E-state index contributed by atoms with van der Waals surface area (Å²) in [6.45, 7) is 3.48. The first-order valence-corrected chi connectivity index (χ1v) is 9.84. The van der Waals surface area contributed by atoms with Gasteiger partial charge in [0, 0.05) is 12.2 Å². The van der Waals surface area contributed by atoms with Crippen LogP contribution >= 0.6 is 0 Å². The summed E-state index contributed by atoms with van der Waals surface area (Å²) in [5, 5.41) is 6.11. The summed E-state index contributed by atoms with van der Waals surface area (Å²) in [7, 11) is 0. The van der Waals surface area contributed by atoms with E-state index in [0.717, 1.165) is 50.8 Å². The Morgan fingerprint density at radius 1 is 1.17 bits per heavy atom. The fraction of sp³-hybridized carbons (Fsp3) is 0.588. The minimum atomic E-state index is -1.35. The molecule has 0 spiro atoms. The average molecular weight is 335 g/mol. The maximum Gasteiger partial charge on any atom is 0.360 e. The molecule has 1 aromatic rings. The van der Waals surface area contributed by atoms with Crippen LogP contribution in [0.25, 0.3) is 0 Å². The van der Waals surface area contributed by atoms with E-state index in [1.807, 2.05) is 6.92 Å². The van der Waals surface area contributed by atoms with Gasteiger partial charge in [0.25, 0.3) is 0 Å². The fourth-order valence-corrected chi connectivity index (χ4v) is 4.29. The summed E-state index contributed by atoms with van der Waals surface area (Å²) in [5.41, 5.74) is 6.34. The van der Waals surface area contributed by atoms with Crippen LogP contribution in [0.3, 0.4) is 0 Å². The number of benzene rings is 1. The van der Waals surface area contributed by atoms with Gasteiger partial charge in [0.15, 0.2) is 0 Å². The van der Waals surface area contributed by atoms with Gasteiger partial charge in [0.1, 0.15) is 5.75 Å². The third-order valence-electron chi connectivity index (χ3n) is 4.63. The van der Waals surface area contributed by atoms with Crippen molar-refractivity contribution >= 4 is 23.1 Å². The highest BCUT2D eigenvalue weighted by atomic mass is 32.2. The zero-order valence-electron chi connectivity index (χ0n) is 13.7. The second kappa shape index (κ2) is 7.55. The van der Waals surface area contributed by atoms with Gasteiger partial charge in [-0.1, -0.05) is 13.0 Å². The van der Waals surface area contributed by atoms with Gasteiger partial charge in [-0.05, 0) is 67.3 Å². The number of carbonyl (C=O) groups is 1. The van der Waals surface area contributed by atoms with Crippen LogP contribution in [-0.2, 0) is 37.0 Å². The number of anilines is 1. The lowest BCUT2D eigenvalue weighted by Crippen LogP contribution is -2.38. The lowest BCUT2D eigenvalue weighted by Gasteiger charge is -2.17. The molecule has 0 fully saturated rings. The van der Waals surface area contributed by atoms with Crippen molar-refractivity contribution in [3.8, 4) is 0 Å². The molecule has 2 aliphatic carbocycles. The van der Waals surface area contributed by atoms with Crippen LogP contribution in [0.5, 0.6) is 0 Å². The number of hydrogen-bond donors (Lipinski definition) is 3. The van der Waals surface area contributed by atoms with Crippen LogP contribution in [0, 0.1) is 0 Å². The van der Waals surface area contributed by atoms with Crippen molar-refractivity contribution in [1.82, 2.24) is 10.0 Å². The molecule has 1 aromatic carbocycles. The maximum absolute atomic E-state index is 12.2. The molecule has 0 aliphatic heterocycles. The molecule has 2 amide bonds. The molecule has 0 saturated carbocycles. The molecular weight excluding hydrogens is 310 g/mol. The number of rotatable bonds is 6. The molecule has 0 bridgehead atoms. The SMILES string of the molecule is CCNCC[S+]([O-])NC(=O)Nc1c2c(cc3c1CCC3)CCC2. The highest BCUT2D eigenvalue weighted by Crippen LogP contribution is 2.38. The summed E-state index contributed by atoms with van der Waals surface area (Å²) in [6.07, 6.45) is 6.58. The van der Waals surface area contributed by atoms with Crippen LogP contribution in [-0.4, -0.2) is 29.4 Å². The summed E-state index contributed by atoms with van der Waals surface area (Å²) in [5.74, 6) is 0.423. The number of aryl methyl sites for hydroxylation is 2. The smallest absolute Gasteiger partial charge is 0.360 e. The Kier molecular flexibility index (Phi) is 5.46. The third kappa shape index (κ3) is 3.82. The van der Waals surface area contributed by atoms with Gasteiger partial charge in [0.2, 0.25) is 0 Å². The number of carbonyl (C=O) groups excluding carboxylic acids is 1. The molecule has 126 valence electrons. The molecule has 0 radical (unpaired) electrons. The van der Waals surface area contributed by atoms with Crippen molar-refractivity contribution in [1.29, 1.82) is 0 Å². The van der Waals surface area contributed by atoms with Crippen molar-refractivity contribution in [3.63, 3.8) is 0 Å². The van der Waals surface area contributed by atoms with Gasteiger partial charge >= 0.3 is 6.03 Å². The van der Waals surface area contributed by atoms with E-state index in [1.54, 1.807) is 0 Å². The molecular formula is C17H25N3O2S. The van der Waals surface area contributed by atoms with Crippen molar-refractivity contribution in [2.24, 2.45) is 0 Å². The van der Waals surface area contributed by atoms with Crippen molar-refractivity contribution < 1.29 is 9.35 Å².